The van der Waals surface area contributed by atoms with Gasteiger partial charge in [-0.15, -0.1) is 0 Å². The van der Waals surface area contributed by atoms with Crippen LogP contribution in [0.15, 0.2) is 0 Å². The van der Waals surface area contributed by atoms with Crippen LogP contribution >= 0.6 is 15.9 Å². The Labute approximate surface area is 87.9 Å². The molecule has 0 fully saturated rings. The van der Waals surface area contributed by atoms with Gasteiger partial charge in [-0.25, -0.2) is 0 Å². The van der Waals surface area contributed by atoms with Gasteiger partial charge in [0.15, 0.2) is 4.32 Å². The Hall–Kier alpha value is -0.0900. The topological polar surface area (TPSA) is 35.5 Å². The molecule has 0 aromatic rings. The van der Waals surface area contributed by atoms with E-state index in [1.807, 2.05) is 20.8 Å². The third-order valence-electron chi connectivity index (χ3n) is 2.04. The van der Waals surface area contributed by atoms with Crippen molar-refractivity contribution in [3.63, 3.8) is 0 Å². The average Bonchev–Trinajstić information content (AvgIpc) is 2.01. The summed E-state index contributed by atoms with van der Waals surface area (Å²) in [6.45, 7) is 6.16. The van der Waals surface area contributed by atoms with Gasteiger partial charge in [0.2, 0.25) is 0 Å². The normalized spacial score (nSPS) is 16.5. The van der Waals surface area contributed by atoms with Crippen molar-refractivity contribution in [2.45, 2.75) is 25.1 Å². The molecule has 1 atom stereocenters. The lowest BCUT2D eigenvalue weighted by atomic mass is 9.81. The van der Waals surface area contributed by atoms with Crippen molar-refractivity contribution >= 4 is 21.9 Å². The van der Waals surface area contributed by atoms with E-state index in [1.54, 1.807) is 7.11 Å². The molecule has 0 aliphatic rings. The summed E-state index contributed by atoms with van der Waals surface area (Å²) in [6.07, 6.45) is 0. The summed E-state index contributed by atoms with van der Waals surface area (Å²) >= 11 is 3.39. The van der Waals surface area contributed by atoms with E-state index < -0.39 is 4.32 Å². The van der Waals surface area contributed by atoms with Gasteiger partial charge >= 0.3 is 5.97 Å². The van der Waals surface area contributed by atoms with Gasteiger partial charge in [0, 0.05) is 7.11 Å². The van der Waals surface area contributed by atoms with E-state index in [-0.39, 0.29) is 11.4 Å². The molecule has 0 aliphatic heterocycles. The monoisotopic (exact) mass is 252 g/mol. The van der Waals surface area contributed by atoms with Crippen molar-refractivity contribution in [3.8, 4) is 0 Å². The molecule has 0 N–H and O–H groups in total. The van der Waals surface area contributed by atoms with Gasteiger partial charge < -0.3 is 9.47 Å². The second kappa shape index (κ2) is 4.42. The first-order valence-electron chi connectivity index (χ1n) is 4.06. The van der Waals surface area contributed by atoms with Gasteiger partial charge in [0.25, 0.3) is 0 Å². The van der Waals surface area contributed by atoms with Crippen molar-refractivity contribution in [1.29, 1.82) is 0 Å². The van der Waals surface area contributed by atoms with Crippen LogP contribution in [0.5, 0.6) is 0 Å². The molecule has 78 valence electrons. The molecule has 0 bridgehead atoms. The molecule has 3 nitrogen and oxygen atoms in total. The molecule has 0 spiro atoms. The number of rotatable bonds is 3. The van der Waals surface area contributed by atoms with Gasteiger partial charge in [-0.1, -0.05) is 36.7 Å². The second-order valence-electron chi connectivity index (χ2n) is 3.98. The molecular weight excluding hydrogens is 236 g/mol. The summed E-state index contributed by atoms with van der Waals surface area (Å²) in [5.41, 5.74) is -0.254. The number of hydrogen-bond donors (Lipinski definition) is 0. The fourth-order valence-corrected chi connectivity index (χ4v) is 1.33. The Morgan fingerprint density at radius 3 is 2.00 bits per heavy atom. The van der Waals surface area contributed by atoms with Gasteiger partial charge in [-0.3, -0.25) is 4.79 Å². The van der Waals surface area contributed by atoms with Crippen LogP contribution < -0.4 is 0 Å². The van der Waals surface area contributed by atoms with Crippen molar-refractivity contribution < 1.29 is 14.3 Å². The number of alkyl halides is 1. The Bertz CT molecular complexity index is 186. The summed E-state index contributed by atoms with van der Waals surface area (Å²) in [5, 5.41) is 0. The van der Waals surface area contributed by atoms with E-state index in [4.69, 9.17) is 9.47 Å². The highest BCUT2D eigenvalue weighted by molar-refractivity contribution is 9.10. The molecule has 13 heavy (non-hydrogen) atoms. The van der Waals surface area contributed by atoms with Crippen molar-refractivity contribution in [3.05, 3.63) is 0 Å². The molecule has 0 radical (unpaired) electrons. The first kappa shape index (κ1) is 12.9. The maximum absolute atomic E-state index is 11.5. The van der Waals surface area contributed by atoms with Crippen LogP contribution in [0.25, 0.3) is 0 Å². The lowest BCUT2D eigenvalue weighted by molar-refractivity contribution is -0.148. The van der Waals surface area contributed by atoms with Gasteiger partial charge in [0.1, 0.15) is 0 Å². The first-order chi connectivity index (χ1) is 5.79. The molecule has 0 heterocycles. The van der Waals surface area contributed by atoms with E-state index in [0.29, 0.717) is 6.61 Å². The fourth-order valence-electron chi connectivity index (χ4n) is 0.942. The Kier molecular flexibility index (Phi) is 4.39. The van der Waals surface area contributed by atoms with Gasteiger partial charge in [-0.05, 0) is 5.41 Å². The van der Waals surface area contributed by atoms with Crippen LogP contribution in [0.4, 0.5) is 0 Å². The number of esters is 1. The zero-order valence-electron chi connectivity index (χ0n) is 8.81. The molecule has 0 rings (SSSR count). The molecular formula is C9H17BrO3. The maximum Gasteiger partial charge on any atom is 0.325 e. The highest BCUT2D eigenvalue weighted by Gasteiger charge is 2.47. The Morgan fingerprint density at radius 2 is 1.77 bits per heavy atom. The standard InChI is InChI=1S/C9H17BrO3/c1-8(2,3)9(10,6-12-4)7(11)13-5/h6H2,1-5H3/t9-/m1/s1. The summed E-state index contributed by atoms with van der Waals surface area (Å²) in [5.74, 6) is -0.304. The van der Waals surface area contributed by atoms with Crippen LogP contribution in [0.1, 0.15) is 20.8 Å². The van der Waals surface area contributed by atoms with E-state index in [0.717, 1.165) is 0 Å². The summed E-state index contributed by atoms with van der Waals surface area (Å²) < 4.78 is 8.96. The second-order valence-corrected chi connectivity index (χ2v) is 5.33. The number of hydrogen-bond acceptors (Lipinski definition) is 3. The molecule has 0 unspecified atom stereocenters. The zero-order chi connectivity index (χ0) is 10.7. The number of methoxy groups -OCH3 is 2. The van der Waals surface area contributed by atoms with E-state index in [9.17, 15) is 4.79 Å². The maximum atomic E-state index is 11.5. The summed E-state index contributed by atoms with van der Waals surface area (Å²) in [7, 11) is 2.93. The highest BCUT2D eigenvalue weighted by atomic mass is 79.9. The number of carbonyl (C=O) groups is 1. The summed E-state index contributed by atoms with van der Waals surface area (Å²) in [4.78, 5) is 11.5. The molecule has 0 aromatic carbocycles. The molecule has 0 aromatic heterocycles. The SMILES string of the molecule is COC[C@@](Br)(C(=O)OC)C(C)(C)C. The quantitative estimate of drug-likeness (QED) is 0.570. The number of ether oxygens (including phenoxy) is 2. The molecule has 0 saturated carbocycles. The number of carbonyl (C=O) groups excluding carboxylic acids is 1. The summed E-state index contributed by atoms with van der Waals surface area (Å²) in [6, 6.07) is 0. The molecule has 0 aliphatic carbocycles. The van der Waals surface area contributed by atoms with Crippen LogP contribution in [0.3, 0.4) is 0 Å². The van der Waals surface area contributed by atoms with Crippen molar-refractivity contribution in [1.82, 2.24) is 0 Å². The third-order valence-corrected chi connectivity index (χ3v) is 3.78. The predicted molar refractivity (Wildman–Crippen MR) is 55.0 cm³/mol. The van der Waals surface area contributed by atoms with Crippen molar-refractivity contribution in [2.24, 2.45) is 5.41 Å². The van der Waals surface area contributed by atoms with Crippen molar-refractivity contribution in [2.75, 3.05) is 20.8 Å². The minimum Gasteiger partial charge on any atom is -0.468 e. The van der Waals surface area contributed by atoms with Crippen LogP contribution in [-0.4, -0.2) is 31.1 Å². The largest absolute Gasteiger partial charge is 0.468 e. The third kappa shape index (κ3) is 2.68. The fraction of sp³-hybridized carbons (Fsp3) is 0.889. The highest BCUT2D eigenvalue weighted by Crippen LogP contribution is 2.39. The molecule has 0 saturated heterocycles. The minimum atomic E-state index is -0.774. The Balaban J connectivity index is 4.83. The van der Waals surface area contributed by atoms with E-state index in [2.05, 4.69) is 15.9 Å². The minimum absolute atomic E-state index is 0.254. The molecule has 0 amide bonds. The Morgan fingerprint density at radius 1 is 1.31 bits per heavy atom. The lowest BCUT2D eigenvalue weighted by Gasteiger charge is -2.36. The first-order valence-corrected chi connectivity index (χ1v) is 4.85. The predicted octanol–water partition coefficient (Wildman–Crippen LogP) is 1.99. The van der Waals surface area contributed by atoms with Gasteiger partial charge in [0.05, 0.1) is 13.7 Å². The lowest BCUT2D eigenvalue weighted by Crippen LogP contribution is -2.48. The van der Waals surface area contributed by atoms with Crippen LogP contribution in [-0.2, 0) is 14.3 Å². The molecule has 4 heteroatoms. The smallest absolute Gasteiger partial charge is 0.325 e. The van der Waals surface area contributed by atoms with E-state index in [1.165, 1.54) is 7.11 Å². The van der Waals surface area contributed by atoms with Gasteiger partial charge in [-0.2, -0.15) is 0 Å². The van der Waals surface area contributed by atoms with Crippen LogP contribution in [0, 0.1) is 5.41 Å². The van der Waals surface area contributed by atoms with E-state index >= 15 is 0 Å². The van der Waals surface area contributed by atoms with Crippen LogP contribution in [0.2, 0.25) is 0 Å². The average molecular weight is 253 g/mol. The zero-order valence-corrected chi connectivity index (χ0v) is 10.4. The number of halogens is 1.